The number of nitrogens with zero attached hydrogens (tertiary/aromatic N) is 2. The van der Waals surface area contributed by atoms with Crippen molar-refractivity contribution in [2.45, 2.75) is 0 Å². The molecule has 1 aliphatic heterocycles. The van der Waals surface area contributed by atoms with Gasteiger partial charge in [-0.3, -0.25) is 14.6 Å². The van der Waals surface area contributed by atoms with Gasteiger partial charge < -0.3 is 4.84 Å². The lowest BCUT2D eigenvalue weighted by atomic mass is 10.0. The maximum atomic E-state index is 12.7. The summed E-state index contributed by atoms with van der Waals surface area (Å²) in [7, 11) is 0. The van der Waals surface area contributed by atoms with Crippen LogP contribution in [0.4, 0.5) is 0 Å². The summed E-state index contributed by atoms with van der Waals surface area (Å²) in [5.74, 6) is -2.09. The molecule has 3 aromatic rings. The third-order valence-electron chi connectivity index (χ3n) is 4.07. The van der Waals surface area contributed by atoms with E-state index in [0.717, 1.165) is 5.56 Å². The van der Waals surface area contributed by atoms with E-state index in [1.807, 2.05) is 0 Å². The molecule has 1 aliphatic rings. The summed E-state index contributed by atoms with van der Waals surface area (Å²) in [4.78, 5) is 46.5. The van der Waals surface area contributed by atoms with Crippen LogP contribution >= 0.6 is 0 Å². The van der Waals surface area contributed by atoms with Gasteiger partial charge in [-0.25, -0.2) is 4.79 Å². The molecule has 6 heteroatoms. The van der Waals surface area contributed by atoms with Crippen LogP contribution in [-0.4, -0.2) is 27.8 Å². The highest BCUT2D eigenvalue weighted by atomic mass is 16.7. The van der Waals surface area contributed by atoms with E-state index < -0.39 is 17.8 Å². The molecule has 0 saturated carbocycles. The minimum absolute atomic E-state index is 0.215. The van der Waals surface area contributed by atoms with Gasteiger partial charge in [0, 0.05) is 12.4 Å². The van der Waals surface area contributed by atoms with E-state index in [4.69, 9.17) is 4.84 Å². The van der Waals surface area contributed by atoms with E-state index in [9.17, 15) is 14.4 Å². The van der Waals surface area contributed by atoms with E-state index in [-0.39, 0.29) is 16.7 Å². The summed E-state index contributed by atoms with van der Waals surface area (Å²) in [6.07, 6.45) is 3.23. The fourth-order valence-electron chi connectivity index (χ4n) is 2.83. The number of pyridine rings is 1. The van der Waals surface area contributed by atoms with Gasteiger partial charge in [0.05, 0.1) is 16.7 Å². The summed E-state index contributed by atoms with van der Waals surface area (Å²) in [6.45, 7) is 0. The van der Waals surface area contributed by atoms with Crippen molar-refractivity contribution >= 4 is 17.8 Å². The number of hydroxylamine groups is 2. The molecule has 126 valence electrons. The molecule has 0 N–H and O–H groups in total. The van der Waals surface area contributed by atoms with E-state index in [1.54, 1.807) is 60.9 Å². The zero-order valence-corrected chi connectivity index (χ0v) is 13.5. The lowest BCUT2D eigenvalue weighted by Crippen LogP contribution is -2.32. The van der Waals surface area contributed by atoms with Crippen LogP contribution in [0.2, 0.25) is 0 Å². The first-order chi connectivity index (χ1) is 12.7. The van der Waals surface area contributed by atoms with E-state index >= 15 is 0 Å². The van der Waals surface area contributed by atoms with Gasteiger partial charge in [0.1, 0.15) is 0 Å². The number of rotatable bonds is 3. The van der Waals surface area contributed by atoms with Crippen LogP contribution in [0.1, 0.15) is 31.1 Å². The van der Waals surface area contributed by atoms with Crippen LogP contribution in [0.25, 0.3) is 11.1 Å². The fourth-order valence-corrected chi connectivity index (χ4v) is 2.83. The summed E-state index contributed by atoms with van der Waals surface area (Å²) < 4.78 is 0. The lowest BCUT2D eigenvalue weighted by Gasteiger charge is -2.14. The van der Waals surface area contributed by atoms with Crippen LogP contribution in [-0.2, 0) is 4.84 Å². The predicted octanol–water partition coefficient (Wildman–Crippen LogP) is 3.12. The van der Waals surface area contributed by atoms with Crippen molar-refractivity contribution in [3.63, 3.8) is 0 Å². The minimum atomic E-state index is -0.785. The van der Waals surface area contributed by atoms with Gasteiger partial charge in [-0.05, 0) is 41.5 Å². The van der Waals surface area contributed by atoms with Crippen LogP contribution in [0.15, 0.2) is 73.1 Å². The number of hydrogen-bond donors (Lipinski definition) is 0. The first kappa shape index (κ1) is 15.7. The zero-order chi connectivity index (χ0) is 18.1. The maximum Gasteiger partial charge on any atom is 0.364 e. The number of benzene rings is 2. The first-order valence-corrected chi connectivity index (χ1v) is 7.86. The van der Waals surface area contributed by atoms with E-state index in [1.165, 1.54) is 12.1 Å². The van der Waals surface area contributed by atoms with Gasteiger partial charge in [-0.1, -0.05) is 35.4 Å². The highest BCUT2D eigenvalue weighted by Gasteiger charge is 2.39. The Bertz CT molecular complexity index is 996. The van der Waals surface area contributed by atoms with Gasteiger partial charge in [0.25, 0.3) is 11.8 Å². The van der Waals surface area contributed by atoms with Crippen molar-refractivity contribution in [3.05, 3.63) is 89.7 Å². The number of carbonyl (C=O) groups excluding carboxylic acids is 3. The molecule has 2 amide bonds. The van der Waals surface area contributed by atoms with Gasteiger partial charge in [0.15, 0.2) is 0 Å². The maximum absolute atomic E-state index is 12.7. The molecule has 0 unspecified atom stereocenters. The predicted molar refractivity (Wildman–Crippen MR) is 92.0 cm³/mol. The second-order valence-electron chi connectivity index (χ2n) is 5.61. The summed E-state index contributed by atoms with van der Waals surface area (Å²) in [6, 6.07) is 16.7. The third-order valence-corrected chi connectivity index (χ3v) is 4.07. The number of carbonyl (C=O) groups is 3. The molecule has 6 nitrogen and oxygen atoms in total. The summed E-state index contributed by atoms with van der Waals surface area (Å²) in [5.41, 5.74) is 2.07. The topological polar surface area (TPSA) is 76.6 Å². The van der Waals surface area contributed by atoms with Gasteiger partial charge in [-0.15, -0.1) is 0 Å². The monoisotopic (exact) mass is 344 g/mol. The molecule has 26 heavy (non-hydrogen) atoms. The number of hydrogen-bond acceptors (Lipinski definition) is 5. The van der Waals surface area contributed by atoms with Gasteiger partial charge in [0.2, 0.25) is 0 Å². The molecule has 0 bridgehead atoms. The average Bonchev–Trinajstić information content (AvgIpc) is 2.94. The molecule has 4 rings (SSSR count). The molecule has 2 aromatic carbocycles. The SMILES string of the molecule is O=C(ON1C(=O)c2ccccc2C1=O)c1ccccc1-c1ccncc1. The third kappa shape index (κ3) is 2.53. The van der Waals surface area contributed by atoms with Crippen molar-refractivity contribution in [1.82, 2.24) is 10.0 Å². The Morgan fingerprint density at radius 1 is 0.769 bits per heavy atom. The Balaban J connectivity index is 1.65. The Labute approximate surface area is 148 Å². The Hall–Kier alpha value is -3.80. The fraction of sp³-hybridized carbons (Fsp3) is 0. The second kappa shape index (κ2) is 6.25. The summed E-state index contributed by atoms with van der Waals surface area (Å²) >= 11 is 0. The average molecular weight is 344 g/mol. The number of aromatic nitrogens is 1. The van der Waals surface area contributed by atoms with Crippen LogP contribution < -0.4 is 0 Å². The molecule has 0 saturated heterocycles. The Morgan fingerprint density at radius 3 is 1.92 bits per heavy atom. The van der Waals surface area contributed by atoms with Crippen molar-refractivity contribution in [3.8, 4) is 11.1 Å². The number of imide groups is 1. The Morgan fingerprint density at radius 2 is 1.31 bits per heavy atom. The zero-order valence-electron chi connectivity index (χ0n) is 13.5. The molecule has 0 spiro atoms. The van der Waals surface area contributed by atoms with Crippen LogP contribution in [0, 0.1) is 0 Å². The van der Waals surface area contributed by atoms with Crippen LogP contribution in [0.5, 0.6) is 0 Å². The molecule has 1 aromatic heterocycles. The van der Waals surface area contributed by atoms with Crippen LogP contribution in [0.3, 0.4) is 0 Å². The highest BCUT2D eigenvalue weighted by Crippen LogP contribution is 2.26. The molecule has 0 aliphatic carbocycles. The molecule has 0 radical (unpaired) electrons. The second-order valence-corrected chi connectivity index (χ2v) is 5.61. The van der Waals surface area contributed by atoms with E-state index in [2.05, 4.69) is 4.98 Å². The van der Waals surface area contributed by atoms with Crippen molar-refractivity contribution in [2.24, 2.45) is 0 Å². The summed E-state index contributed by atoms with van der Waals surface area (Å²) in [5, 5.41) is 0.510. The quantitative estimate of drug-likeness (QED) is 0.682. The standard InChI is InChI=1S/C20H12N2O4/c23-18-15-6-2-3-7-16(15)19(24)22(18)26-20(25)17-8-4-1-5-14(17)13-9-11-21-12-10-13/h1-12H. The smallest absolute Gasteiger partial charge is 0.324 e. The largest absolute Gasteiger partial charge is 0.364 e. The molecule has 0 atom stereocenters. The van der Waals surface area contributed by atoms with Crippen molar-refractivity contribution in [1.29, 1.82) is 0 Å². The first-order valence-electron chi connectivity index (χ1n) is 7.86. The van der Waals surface area contributed by atoms with Gasteiger partial charge >= 0.3 is 5.97 Å². The Kier molecular flexibility index (Phi) is 3.78. The number of fused-ring (bicyclic) bond motifs is 1. The van der Waals surface area contributed by atoms with Crippen molar-refractivity contribution < 1.29 is 19.2 Å². The van der Waals surface area contributed by atoms with E-state index in [0.29, 0.717) is 10.6 Å². The highest BCUT2D eigenvalue weighted by molar-refractivity contribution is 6.21. The minimum Gasteiger partial charge on any atom is -0.324 e. The van der Waals surface area contributed by atoms with Crippen molar-refractivity contribution in [2.75, 3.05) is 0 Å². The molecular weight excluding hydrogens is 332 g/mol. The molecule has 0 fully saturated rings. The number of amides is 2. The van der Waals surface area contributed by atoms with Gasteiger partial charge in [-0.2, -0.15) is 0 Å². The molecular formula is C20H12N2O4. The normalized spacial score (nSPS) is 12.8. The molecule has 2 heterocycles. The lowest BCUT2D eigenvalue weighted by molar-refractivity contribution is -0.0584.